The van der Waals surface area contributed by atoms with Gasteiger partial charge in [0.05, 0.1) is 19.8 Å². The highest BCUT2D eigenvalue weighted by atomic mass is 19.4. The minimum absolute atomic E-state index is 0.835. The van der Waals surface area contributed by atoms with Crippen molar-refractivity contribution in [1.82, 2.24) is 15.0 Å². The highest BCUT2D eigenvalue weighted by molar-refractivity contribution is 5.47. The van der Waals surface area contributed by atoms with Crippen molar-refractivity contribution in [2.45, 2.75) is 99.2 Å². The first-order valence-corrected chi connectivity index (χ1v) is 18.9. The summed E-state index contributed by atoms with van der Waals surface area (Å²) in [6.07, 6.45) is -112. The number of rotatable bonds is 35. The van der Waals surface area contributed by atoms with Crippen LogP contribution in [0, 0.1) is 0 Å². The zero-order chi connectivity index (χ0) is 65.0. The van der Waals surface area contributed by atoms with Crippen LogP contribution in [0.25, 0.3) is 0 Å². The summed E-state index contributed by atoms with van der Waals surface area (Å²) in [4.78, 5) is 6.07. The number of alkyl halides is 35. The highest BCUT2D eigenvalue weighted by Gasteiger charge is 2.72. The van der Waals surface area contributed by atoms with Crippen molar-refractivity contribution >= 4 is 17.8 Å². The molecule has 0 saturated heterocycles. The maximum Gasteiger partial charge on any atom is 0.527 e. The van der Waals surface area contributed by atoms with Gasteiger partial charge >= 0.3 is 99.2 Å². The molecule has 0 aliphatic carbocycles. The van der Waals surface area contributed by atoms with Gasteiger partial charge in [-0.2, -0.15) is 94.0 Å². The molecule has 1 rings (SSSR count). The number of aliphatic hydroxyl groups is 3. The van der Waals surface area contributed by atoms with Gasteiger partial charge in [-0.05, 0) is 0 Å². The summed E-state index contributed by atoms with van der Waals surface area (Å²) in [7, 11) is 0. The van der Waals surface area contributed by atoms with Gasteiger partial charge in [0.1, 0.15) is 19.6 Å². The second-order valence-electron chi connectivity index (χ2n) is 13.9. The Morgan fingerprint density at radius 3 is 0.610 bits per heavy atom. The van der Waals surface area contributed by atoms with Crippen molar-refractivity contribution in [3.05, 3.63) is 0 Å². The van der Waals surface area contributed by atoms with E-state index < -0.39 is 191 Å². The fourth-order valence-corrected chi connectivity index (χ4v) is 4.63. The maximum absolute atomic E-state index is 15.0. The summed E-state index contributed by atoms with van der Waals surface area (Å²) >= 11 is 0. The Hall–Kier alpha value is -4.56. The van der Waals surface area contributed by atoms with E-state index in [4.69, 9.17) is 0 Å². The fourth-order valence-electron chi connectivity index (χ4n) is 4.63. The maximum atomic E-state index is 15.0. The van der Waals surface area contributed by atoms with Crippen LogP contribution in [0.5, 0.6) is 0 Å². The third-order valence-electron chi connectivity index (χ3n) is 7.21. The molecular formula is C28H21F35N6O13. The van der Waals surface area contributed by atoms with Gasteiger partial charge in [0.15, 0.2) is 0 Å². The van der Waals surface area contributed by atoms with Gasteiger partial charge < -0.3 is 30.0 Å². The largest absolute Gasteiger partial charge is 0.527 e. The van der Waals surface area contributed by atoms with E-state index in [-0.39, 0.29) is 0 Å². The van der Waals surface area contributed by atoms with Crippen LogP contribution in [0.2, 0.25) is 0 Å². The van der Waals surface area contributed by atoms with Crippen LogP contribution < -0.4 is 14.7 Å². The second kappa shape index (κ2) is 25.2. The van der Waals surface area contributed by atoms with Crippen molar-refractivity contribution in [2.75, 3.05) is 73.8 Å². The second-order valence-corrected chi connectivity index (χ2v) is 13.9. The van der Waals surface area contributed by atoms with Crippen LogP contribution in [0.3, 0.4) is 0 Å². The Kier molecular flexibility index (Phi) is 23.2. The summed E-state index contributed by atoms with van der Waals surface area (Å²) in [5, 5.41) is 28.3. The molecule has 0 spiro atoms. The zero-order valence-electron chi connectivity index (χ0n) is 37.2. The molecule has 0 aliphatic heterocycles. The summed E-state index contributed by atoms with van der Waals surface area (Å²) in [5.74, 6) is -6.81. The van der Waals surface area contributed by atoms with E-state index in [1.165, 1.54) is 14.2 Å². The molecule has 0 unspecified atom stereocenters. The quantitative estimate of drug-likeness (QED) is 0.0431. The van der Waals surface area contributed by atoms with Crippen LogP contribution in [0.15, 0.2) is 0 Å². The number of nitrogens with zero attached hydrogens (tertiary/aromatic N) is 6. The molecule has 0 radical (unpaired) electrons. The third kappa shape index (κ3) is 24.6. The molecule has 0 saturated carbocycles. The molecule has 54 heteroatoms. The standard InChI is InChI=1S/C28H21F35N6O13/c29-13(30,73-25(56,57)79-19(41,42)16(35,36)76-22(47,48)49)7-67(1-4-70)10-64-11(68(2-5-71)8-14(31,32)74-26(58,59)80-20(43,44)17(37,38)77-23(50,51)52)66-12(65-10)69(3-6-72)9-15(33,34)75-27(60,61)82-28(62,63)81-21(45,46)18(39,40)78-24(53,54)55/h70-72H,1-9H2. The van der Waals surface area contributed by atoms with Gasteiger partial charge in [-0.3, -0.25) is 0 Å². The molecule has 0 aliphatic rings. The van der Waals surface area contributed by atoms with E-state index in [9.17, 15) is 160 Å². The molecule has 82 heavy (non-hydrogen) atoms. The first-order chi connectivity index (χ1) is 35.9. The smallest absolute Gasteiger partial charge is 0.395 e. The first-order valence-electron chi connectivity index (χ1n) is 18.9. The third-order valence-corrected chi connectivity index (χ3v) is 7.21. The van der Waals surface area contributed by atoms with Crippen LogP contribution in [-0.2, 0) is 47.4 Å². The summed E-state index contributed by atoms with van der Waals surface area (Å²) in [6.45, 7) is -21.0. The Labute approximate surface area is 423 Å². The van der Waals surface area contributed by atoms with E-state index in [1.54, 1.807) is 4.74 Å². The van der Waals surface area contributed by atoms with Gasteiger partial charge in [0.2, 0.25) is 17.8 Å². The van der Waals surface area contributed by atoms with E-state index in [0.29, 0.717) is 0 Å². The van der Waals surface area contributed by atoms with Crippen molar-refractivity contribution in [3.8, 4) is 0 Å². The molecule has 0 atom stereocenters. The molecule has 3 N–H and O–H groups in total. The van der Waals surface area contributed by atoms with Crippen LogP contribution in [-0.4, -0.2) is 189 Å². The summed E-state index contributed by atoms with van der Waals surface area (Å²) < 4.78 is 492. The molecule has 0 bridgehead atoms. The molecule has 486 valence electrons. The lowest BCUT2D eigenvalue weighted by Gasteiger charge is -2.34. The topological polar surface area (TPSA) is 201 Å². The number of aliphatic hydroxyl groups excluding tert-OH is 3. The van der Waals surface area contributed by atoms with Crippen molar-refractivity contribution in [3.63, 3.8) is 0 Å². The minimum Gasteiger partial charge on any atom is -0.395 e. The molecule has 1 aromatic heterocycles. The Morgan fingerprint density at radius 2 is 0.427 bits per heavy atom. The highest BCUT2D eigenvalue weighted by Crippen LogP contribution is 2.49. The van der Waals surface area contributed by atoms with Crippen molar-refractivity contribution in [1.29, 1.82) is 0 Å². The normalized spacial score (nSPS) is 15.1. The molecule has 1 heterocycles. The van der Waals surface area contributed by atoms with Crippen molar-refractivity contribution in [2.24, 2.45) is 0 Å². The summed E-state index contributed by atoms with van der Waals surface area (Å²) in [5.41, 5.74) is 0. The lowest BCUT2D eigenvalue weighted by Crippen LogP contribution is -2.54. The monoisotopic (exact) mass is 1310 g/mol. The number of ether oxygens (including phenoxy) is 10. The number of hydrogen-bond acceptors (Lipinski definition) is 19. The Morgan fingerprint density at radius 1 is 0.256 bits per heavy atom. The number of hydrogen-bond donors (Lipinski definition) is 3. The van der Waals surface area contributed by atoms with E-state index in [2.05, 4.69) is 29.2 Å². The lowest BCUT2D eigenvalue weighted by atomic mass is 10.4. The first kappa shape index (κ1) is 75.5. The van der Waals surface area contributed by atoms with Crippen LogP contribution in [0.4, 0.5) is 172 Å². The van der Waals surface area contributed by atoms with Crippen LogP contribution >= 0.6 is 0 Å². The molecule has 19 nitrogen and oxygen atoms in total. The predicted octanol–water partition coefficient (Wildman–Crippen LogP) is 8.53. The SMILES string of the molecule is OCCN(CC(F)(F)OC(F)(F)OC(F)(F)OC(F)(F)C(F)(F)OC(F)(F)F)c1nc(N(CCO)CC(F)(F)OC(F)(F)OC(F)(F)C(F)(F)OC(F)(F)F)nc(N(CCO)CC(F)(F)OC(F)(F)OC(F)(F)C(F)(F)OC(F)(F)F)n1. The van der Waals surface area contributed by atoms with Crippen LogP contribution in [0.1, 0.15) is 0 Å². The zero-order valence-corrected chi connectivity index (χ0v) is 37.2. The van der Waals surface area contributed by atoms with E-state index in [0.717, 1.165) is 0 Å². The lowest BCUT2D eigenvalue weighted by molar-refractivity contribution is -0.600. The Balaban J connectivity index is 4.11. The predicted molar refractivity (Wildman–Crippen MR) is 171 cm³/mol. The summed E-state index contributed by atoms with van der Waals surface area (Å²) in [6, 6.07) is 0. The van der Waals surface area contributed by atoms with Gasteiger partial charge in [-0.15, -0.1) is 74.6 Å². The van der Waals surface area contributed by atoms with Crippen molar-refractivity contribution < 1.29 is 216 Å². The van der Waals surface area contributed by atoms with E-state index >= 15 is 8.78 Å². The fraction of sp³-hybridized carbons (Fsp3) is 0.893. The van der Waals surface area contributed by atoms with Gasteiger partial charge in [-0.25, -0.2) is 47.4 Å². The molecule has 0 aromatic carbocycles. The Bertz CT molecular complexity index is 2090. The molecule has 0 fully saturated rings. The average molecular weight is 1310 g/mol. The molecular weight excluding hydrogens is 1290 g/mol. The number of anilines is 3. The van der Waals surface area contributed by atoms with Gasteiger partial charge in [-0.1, -0.05) is 0 Å². The number of aromatic nitrogens is 3. The van der Waals surface area contributed by atoms with E-state index in [1.807, 2.05) is 14.2 Å². The molecule has 0 amide bonds. The molecule has 1 aromatic rings. The number of halogens is 35. The van der Waals surface area contributed by atoms with Gasteiger partial charge in [0.25, 0.3) is 0 Å². The minimum atomic E-state index is -7.47. The van der Waals surface area contributed by atoms with Gasteiger partial charge in [0, 0.05) is 19.6 Å². The average Bonchev–Trinajstić information content (AvgIpc) is 3.13.